The molecule has 9 rings (SSSR count). The van der Waals surface area contributed by atoms with Gasteiger partial charge >= 0.3 is 19.6 Å². The number of aromatic amines is 1. The second kappa shape index (κ2) is 43.4. The van der Waals surface area contributed by atoms with E-state index in [2.05, 4.69) is 58.4 Å². The zero-order valence-electron chi connectivity index (χ0n) is 60.9. The van der Waals surface area contributed by atoms with E-state index in [1.165, 1.54) is 35.0 Å². The van der Waals surface area contributed by atoms with Crippen LogP contribution in [0.5, 0.6) is 5.88 Å². The molecular weight excluding hydrogens is 1530 g/mol. The maximum absolute atomic E-state index is 14.5. The lowest BCUT2D eigenvalue weighted by Gasteiger charge is -2.27. The summed E-state index contributed by atoms with van der Waals surface area (Å²) in [6, 6.07) is 12.0. The SMILES string of the molecule is COCCOCCOCCOCCOCCOCCOCCOCCN(Cc1ccccc1C(=O)Nc1nc2c(ncn2[C@@H]2O[C@@H]3COP(O)(=S)O[C@H]4C[C@H](Oc5ccncn5)C[C@@H]4CCOP(=O)(S)O[C@@H]2[C@@H]3O)c(=O)[nH]1)C(=O)OCc1ccc(NC(=O)[C@H](C)NC(=O)[C@@H](NC(=O)CN2C(=O)C=CC2=O)C(C)C)cc1. The molecule has 2 bridgehead atoms. The molecule has 110 heavy (non-hydrogen) atoms. The summed E-state index contributed by atoms with van der Waals surface area (Å²) in [6.45, 7) is -0.355. The first-order chi connectivity index (χ1) is 52.9. The number of H-pyrrole nitrogens is 1. The van der Waals surface area contributed by atoms with E-state index in [4.69, 9.17) is 82.0 Å². The van der Waals surface area contributed by atoms with E-state index in [0.29, 0.717) is 102 Å². The van der Waals surface area contributed by atoms with Crippen LogP contribution in [0.2, 0.25) is 0 Å². The zero-order chi connectivity index (χ0) is 78.6. The van der Waals surface area contributed by atoms with Crippen LogP contribution in [0.15, 0.2) is 90.4 Å². The number of carbonyl (C=O) groups is 7. The Hall–Kier alpha value is -7.67. The number of hydrogen-bond acceptors (Lipinski definition) is 30. The number of nitrogens with one attached hydrogen (secondary N) is 5. The number of imide groups is 1. The van der Waals surface area contributed by atoms with Crippen molar-refractivity contribution in [3.63, 3.8) is 0 Å². The molecule has 0 spiro atoms. The fourth-order valence-electron chi connectivity index (χ4n) is 11.6. The number of aliphatic hydroxyl groups excluding tert-OH is 1. The Morgan fingerprint density at radius 2 is 1.41 bits per heavy atom. The summed E-state index contributed by atoms with van der Waals surface area (Å²) >= 11 is 9.71. The minimum absolute atomic E-state index is 0.0161. The number of methoxy groups -OCH3 is 1. The summed E-state index contributed by atoms with van der Waals surface area (Å²) < 4.78 is 101. The van der Waals surface area contributed by atoms with Crippen molar-refractivity contribution in [3.05, 3.63) is 113 Å². The van der Waals surface area contributed by atoms with Crippen LogP contribution < -0.4 is 31.6 Å². The second-order valence-electron chi connectivity index (χ2n) is 25.6. The van der Waals surface area contributed by atoms with Crippen LogP contribution in [0, 0.1) is 11.8 Å². The number of aromatic nitrogens is 6. The van der Waals surface area contributed by atoms with Gasteiger partial charge in [-0.25, -0.2) is 24.3 Å². The number of aliphatic hydroxyl groups is 1. The van der Waals surface area contributed by atoms with Crippen molar-refractivity contribution in [2.75, 3.05) is 143 Å². The first kappa shape index (κ1) is 86.3. The molecule has 3 aromatic heterocycles. The minimum atomic E-state index is -4.35. The number of fused-ring (bicyclic) bond motifs is 4. The molecule has 602 valence electrons. The Kier molecular flexibility index (Phi) is 34.0. The van der Waals surface area contributed by atoms with Crippen LogP contribution in [0.25, 0.3) is 11.2 Å². The van der Waals surface area contributed by atoms with Crippen LogP contribution in [-0.4, -0.2) is 266 Å². The zero-order valence-corrected chi connectivity index (χ0v) is 64.4. The molecule has 2 unspecified atom stereocenters. The summed E-state index contributed by atoms with van der Waals surface area (Å²) in [4.78, 5) is 139. The van der Waals surface area contributed by atoms with Gasteiger partial charge in [-0.05, 0) is 72.7 Å². The molecule has 0 radical (unpaired) electrons. The molecule has 1 aliphatic carbocycles. The van der Waals surface area contributed by atoms with Crippen molar-refractivity contribution in [3.8, 4) is 5.88 Å². The molecule has 5 aromatic rings. The number of amides is 7. The summed E-state index contributed by atoms with van der Waals surface area (Å²) in [5.74, 6) is -5.01. The molecule has 2 aromatic carbocycles. The van der Waals surface area contributed by atoms with Crippen molar-refractivity contribution < 1.29 is 118 Å². The van der Waals surface area contributed by atoms with Gasteiger partial charge in [0.1, 0.15) is 56.0 Å². The lowest BCUT2D eigenvalue weighted by Crippen LogP contribution is -2.55. The summed E-state index contributed by atoms with van der Waals surface area (Å²) in [6.07, 6.45) is -1.06. The van der Waals surface area contributed by atoms with Gasteiger partial charge in [0.2, 0.25) is 29.5 Å². The molecule has 3 fully saturated rings. The number of rotatable bonds is 41. The van der Waals surface area contributed by atoms with Crippen molar-refractivity contribution >= 4 is 102 Å². The Bertz CT molecular complexity index is 4040. The van der Waals surface area contributed by atoms with Crippen molar-refractivity contribution in [2.24, 2.45) is 11.8 Å². The number of carbonyl (C=O) groups excluding carboxylic acids is 7. The quantitative estimate of drug-likeness (QED) is 0.0121. The Morgan fingerprint density at radius 1 is 0.773 bits per heavy atom. The third kappa shape index (κ3) is 26.8. The van der Waals surface area contributed by atoms with Gasteiger partial charge in [-0.1, -0.05) is 56.4 Å². The van der Waals surface area contributed by atoms with Gasteiger partial charge < -0.3 is 96.5 Å². The van der Waals surface area contributed by atoms with Crippen molar-refractivity contribution in [1.82, 2.24) is 49.9 Å². The van der Waals surface area contributed by atoms with Gasteiger partial charge in [-0.2, -0.15) is 4.98 Å². The summed E-state index contributed by atoms with van der Waals surface area (Å²) in [5, 5.41) is 22.2. The van der Waals surface area contributed by atoms with Gasteiger partial charge in [0.25, 0.3) is 23.3 Å². The number of hydrogen-bond donors (Lipinski definition) is 8. The predicted octanol–water partition coefficient (Wildman–Crippen LogP) is 3.15. The van der Waals surface area contributed by atoms with E-state index in [0.717, 1.165) is 23.4 Å². The third-order valence-corrected chi connectivity index (χ3v) is 20.4. The van der Waals surface area contributed by atoms with E-state index in [1.807, 2.05) is 0 Å². The number of imidazole rings is 1. The maximum atomic E-state index is 14.5. The smallest absolute Gasteiger partial charge is 0.410 e. The molecule has 7 amide bonds. The first-order valence-corrected chi connectivity index (χ1v) is 40.6. The van der Waals surface area contributed by atoms with Crippen LogP contribution in [0.3, 0.4) is 0 Å². The van der Waals surface area contributed by atoms with Crippen molar-refractivity contribution in [2.45, 2.75) is 102 Å². The van der Waals surface area contributed by atoms with Crippen LogP contribution in [0.1, 0.15) is 67.7 Å². The van der Waals surface area contributed by atoms with E-state index in [-0.39, 0.29) is 94.2 Å². The number of benzene rings is 2. The number of nitrogens with zero attached hydrogens (tertiary/aromatic N) is 7. The van der Waals surface area contributed by atoms with E-state index in [1.54, 1.807) is 69.5 Å². The largest absolute Gasteiger partial charge is 0.474 e. The molecule has 11 atom stereocenters. The summed E-state index contributed by atoms with van der Waals surface area (Å²) in [7, 11) is 1.61. The van der Waals surface area contributed by atoms with E-state index >= 15 is 0 Å². The molecule has 3 aliphatic heterocycles. The highest BCUT2D eigenvalue weighted by atomic mass is 32.7. The van der Waals surface area contributed by atoms with E-state index in [9.17, 15) is 52.9 Å². The molecule has 1 saturated carbocycles. The summed E-state index contributed by atoms with van der Waals surface area (Å²) in [5.41, 5.74) is -0.111. The number of thiol groups is 1. The van der Waals surface area contributed by atoms with Crippen LogP contribution in [-0.2, 0) is 119 Å². The molecule has 4 aliphatic rings. The predicted molar refractivity (Wildman–Crippen MR) is 395 cm³/mol. The van der Waals surface area contributed by atoms with Gasteiger partial charge in [0, 0.05) is 62.3 Å². The van der Waals surface area contributed by atoms with Gasteiger partial charge in [-0.3, -0.25) is 57.9 Å². The Labute approximate surface area is 642 Å². The average molecular weight is 1620 g/mol. The van der Waals surface area contributed by atoms with Crippen LogP contribution >= 0.6 is 25.8 Å². The van der Waals surface area contributed by atoms with Crippen molar-refractivity contribution in [1.29, 1.82) is 0 Å². The number of anilines is 2. The highest BCUT2D eigenvalue weighted by Gasteiger charge is 2.51. The third-order valence-electron chi connectivity index (χ3n) is 17.2. The van der Waals surface area contributed by atoms with Gasteiger partial charge in [-0.15, -0.1) is 0 Å². The average Bonchev–Trinajstić information content (AvgIpc) is 1.59. The monoisotopic (exact) mass is 1620 g/mol. The topological polar surface area (TPSA) is 459 Å². The lowest BCUT2D eigenvalue weighted by molar-refractivity contribution is -0.141. The van der Waals surface area contributed by atoms with E-state index < -0.39 is 129 Å². The lowest BCUT2D eigenvalue weighted by atomic mass is 10.0. The fourth-order valence-corrected chi connectivity index (χ4v) is 14.6. The maximum Gasteiger partial charge on any atom is 0.410 e. The first-order valence-electron chi connectivity index (χ1n) is 35.4. The fraction of sp³-hybridized carbons (Fsp3) is 0.559. The number of ether oxygens (including phenoxy) is 11. The molecule has 7 N–H and O–H groups in total. The standard InChI is InChI=1S/C68H92N12O26P2S2/c1-43(2)57(74-53(81)38-79-55(82)13-14-56(79)83)64(87)72-44(3)62(85)73-48-11-9-45(10-12-48)39-100-68(89)78(18-20-93-23-24-95-27-28-97-31-32-99-34-33-98-30-29-96-26-25-94-22-21-92-4)37-47-7-5-6-8-50(47)63(86)76-67-75-61-58(65(88)77-67)71-42-80(61)66-60-59(84)52(104-66)40-102-108(91,110)105-51-36-49(103-54-15-17-69-41-70-54)35-46(51)16-19-101-107(90,109)106-60/h5-15,17,41-44,46,49,51-52,57,59-60,66,84H,16,18-40H2,1-4H3,(H,72,87)(H,73,85)(H,74,81)(H,90,109)(H,91,110)(H2,75,76,77,86,88)/t44-,46-,49+,51-,52+,57-,59+,60+,66+,107?,108?/m0/s1. The highest BCUT2D eigenvalue weighted by Crippen LogP contribution is 2.58. The molecular formula is C68H92N12O26P2S2. The molecule has 38 nitrogen and oxygen atoms in total. The Morgan fingerprint density at radius 3 is 2.04 bits per heavy atom. The molecule has 6 heterocycles. The molecule has 2 saturated heterocycles. The normalized spacial score (nSPS) is 22.7. The second-order valence-corrected chi connectivity index (χ2v) is 31.2. The minimum Gasteiger partial charge on any atom is -0.474 e. The highest BCUT2D eigenvalue weighted by molar-refractivity contribution is 8.44. The van der Waals surface area contributed by atoms with Gasteiger partial charge in [0.05, 0.1) is 125 Å². The Balaban J connectivity index is 0.804. The van der Waals surface area contributed by atoms with Gasteiger partial charge in [0.15, 0.2) is 17.4 Å². The molecule has 42 heteroatoms. The van der Waals surface area contributed by atoms with Crippen LogP contribution in [0.4, 0.5) is 16.4 Å².